The van der Waals surface area contributed by atoms with Crippen molar-refractivity contribution in [2.24, 2.45) is 0 Å². The molecule has 0 unspecified atom stereocenters. The van der Waals surface area contributed by atoms with E-state index in [0.29, 0.717) is 5.69 Å². The first-order valence-corrected chi connectivity index (χ1v) is 10.3. The van der Waals surface area contributed by atoms with Gasteiger partial charge in [-0.1, -0.05) is 24.3 Å². The largest absolute Gasteiger partial charge is 0.452 e. The summed E-state index contributed by atoms with van der Waals surface area (Å²) in [6, 6.07) is 11.6. The summed E-state index contributed by atoms with van der Waals surface area (Å²) in [5.74, 6) is -2.25. The van der Waals surface area contributed by atoms with Gasteiger partial charge in [-0.25, -0.2) is 18.0 Å². The highest BCUT2D eigenvalue weighted by atomic mass is 32.2. The van der Waals surface area contributed by atoms with E-state index in [-0.39, 0.29) is 10.5 Å². The number of rotatable bonds is 7. The number of para-hydroxylation sites is 1. The molecule has 9 nitrogen and oxygen atoms in total. The number of carbonyl (C=O) groups excluding carboxylic acids is 3. The van der Waals surface area contributed by atoms with Crippen molar-refractivity contribution >= 4 is 33.6 Å². The van der Waals surface area contributed by atoms with Gasteiger partial charge in [-0.3, -0.25) is 14.4 Å². The van der Waals surface area contributed by atoms with Gasteiger partial charge in [-0.15, -0.1) is 0 Å². The van der Waals surface area contributed by atoms with Crippen LogP contribution in [-0.2, 0) is 19.6 Å². The fraction of sp³-hybridized carbons (Fsp3) is 0.211. The van der Waals surface area contributed by atoms with Crippen LogP contribution in [0, 0.1) is 0 Å². The topological polar surface area (TPSA) is 122 Å². The number of hydrogen-bond donors (Lipinski definition) is 2. The third-order valence-corrected chi connectivity index (χ3v) is 5.67. The molecule has 0 atom stereocenters. The van der Waals surface area contributed by atoms with E-state index in [2.05, 4.69) is 4.74 Å². The second-order valence-electron chi connectivity index (χ2n) is 6.26. The molecule has 13 heteroatoms. The van der Waals surface area contributed by atoms with Crippen LogP contribution < -0.4 is 14.9 Å². The number of halogens is 3. The smallest absolute Gasteiger partial charge is 0.405 e. The Bertz CT molecular complexity index is 1090. The van der Waals surface area contributed by atoms with Crippen LogP contribution in [0.3, 0.4) is 0 Å². The van der Waals surface area contributed by atoms with Crippen molar-refractivity contribution in [3.05, 3.63) is 60.2 Å². The maximum absolute atomic E-state index is 12.8. The Balaban J connectivity index is 2.00. The molecule has 2 aromatic rings. The third-order valence-electron chi connectivity index (χ3n) is 3.88. The highest BCUT2D eigenvalue weighted by molar-refractivity contribution is 7.92. The molecule has 0 bridgehead atoms. The molecule has 2 rings (SSSR count). The van der Waals surface area contributed by atoms with Crippen molar-refractivity contribution in [1.82, 2.24) is 10.6 Å². The molecule has 2 N–H and O–H groups in total. The molecule has 0 aliphatic rings. The molecule has 172 valence electrons. The Labute approximate surface area is 181 Å². The molecule has 2 aromatic carbocycles. The number of alkyl halides is 3. The van der Waals surface area contributed by atoms with Gasteiger partial charge in [0.25, 0.3) is 15.9 Å². The Morgan fingerprint density at radius 1 is 1.03 bits per heavy atom. The molecule has 0 saturated heterocycles. The first-order chi connectivity index (χ1) is 14.9. The lowest BCUT2D eigenvalue weighted by Crippen LogP contribution is -2.44. The first-order valence-electron chi connectivity index (χ1n) is 8.86. The van der Waals surface area contributed by atoms with Gasteiger partial charge < -0.3 is 10.1 Å². The lowest BCUT2D eigenvalue weighted by atomic mass is 10.2. The molecule has 0 aliphatic carbocycles. The summed E-state index contributed by atoms with van der Waals surface area (Å²) >= 11 is 0. The van der Waals surface area contributed by atoms with Crippen LogP contribution in [0.25, 0.3) is 0 Å². The summed E-state index contributed by atoms with van der Waals surface area (Å²) in [5, 5.41) is 2.97. The quantitative estimate of drug-likeness (QED) is 0.594. The number of esters is 1. The summed E-state index contributed by atoms with van der Waals surface area (Å²) in [6.45, 7) is -2.62. The van der Waals surface area contributed by atoms with Crippen molar-refractivity contribution in [2.45, 2.75) is 11.1 Å². The second kappa shape index (κ2) is 10.1. The Morgan fingerprint density at radius 3 is 2.31 bits per heavy atom. The number of ether oxygens (including phenoxy) is 1. The van der Waals surface area contributed by atoms with Gasteiger partial charge in [0.05, 0.1) is 16.1 Å². The lowest BCUT2D eigenvalue weighted by molar-refractivity contribution is -0.125. The Hall–Kier alpha value is -3.61. The molecule has 0 fully saturated rings. The SMILES string of the molecule is CN(c1ccccc1)S(=O)(=O)c1cccc(C(=O)OCC(=O)NC(=O)NCC(F)(F)F)c1. The van der Waals surface area contributed by atoms with E-state index in [1.165, 1.54) is 30.6 Å². The molecule has 0 spiro atoms. The standard InChI is InChI=1S/C19H18F3N3O6S/c1-25(14-7-3-2-4-8-14)32(29,30)15-9-5-6-13(10-15)17(27)31-11-16(26)24-18(28)23-12-19(20,21)22/h2-10H,11-12H2,1H3,(H2,23,24,26,28). The van der Waals surface area contributed by atoms with Crippen LogP contribution in [0.2, 0.25) is 0 Å². The number of sulfonamides is 1. The van der Waals surface area contributed by atoms with Crippen molar-refractivity contribution in [2.75, 3.05) is 24.5 Å². The number of carbonyl (C=O) groups is 3. The zero-order valence-corrected chi connectivity index (χ0v) is 17.4. The van der Waals surface area contributed by atoms with E-state index in [4.69, 9.17) is 0 Å². The third kappa shape index (κ3) is 6.97. The molecule has 0 saturated carbocycles. The summed E-state index contributed by atoms with van der Waals surface area (Å²) in [6.07, 6.45) is -4.66. The number of urea groups is 1. The van der Waals surface area contributed by atoms with E-state index in [1.54, 1.807) is 35.6 Å². The second-order valence-corrected chi connectivity index (χ2v) is 8.23. The highest BCUT2D eigenvalue weighted by Gasteiger charge is 2.28. The fourth-order valence-corrected chi connectivity index (χ4v) is 3.56. The number of anilines is 1. The van der Waals surface area contributed by atoms with Crippen LogP contribution in [0.15, 0.2) is 59.5 Å². The number of hydrogen-bond acceptors (Lipinski definition) is 6. The van der Waals surface area contributed by atoms with Crippen LogP contribution >= 0.6 is 0 Å². The number of nitrogens with zero attached hydrogens (tertiary/aromatic N) is 1. The number of imide groups is 1. The number of amides is 3. The van der Waals surface area contributed by atoms with Gasteiger partial charge in [-0.05, 0) is 30.3 Å². The molecular formula is C19H18F3N3O6S. The Morgan fingerprint density at radius 2 is 1.69 bits per heavy atom. The van der Waals surface area contributed by atoms with Crippen molar-refractivity contribution in [1.29, 1.82) is 0 Å². The van der Waals surface area contributed by atoms with Crippen LogP contribution in [0.1, 0.15) is 10.4 Å². The molecule has 0 heterocycles. The molecule has 3 amide bonds. The minimum absolute atomic E-state index is 0.193. The van der Waals surface area contributed by atoms with Gasteiger partial charge in [0, 0.05) is 7.05 Å². The van der Waals surface area contributed by atoms with Crippen molar-refractivity contribution in [3.63, 3.8) is 0 Å². The summed E-state index contributed by atoms with van der Waals surface area (Å²) in [4.78, 5) is 34.7. The first kappa shape index (κ1) is 24.7. The van der Waals surface area contributed by atoms with Gasteiger partial charge >= 0.3 is 18.2 Å². The summed E-state index contributed by atoms with van der Waals surface area (Å²) in [5.41, 5.74) is 0.197. The zero-order valence-electron chi connectivity index (χ0n) is 16.5. The van der Waals surface area contributed by atoms with Gasteiger partial charge in [0.1, 0.15) is 6.54 Å². The van der Waals surface area contributed by atoms with E-state index >= 15 is 0 Å². The molecule has 0 radical (unpaired) electrons. The van der Waals surface area contributed by atoms with E-state index < -0.39 is 47.3 Å². The van der Waals surface area contributed by atoms with Crippen molar-refractivity contribution in [3.8, 4) is 0 Å². The Kier molecular flexibility index (Phi) is 7.81. The predicted molar refractivity (Wildman–Crippen MR) is 106 cm³/mol. The molecular weight excluding hydrogens is 455 g/mol. The number of nitrogens with one attached hydrogen (secondary N) is 2. The highest BCUT2D eigenvalue weighted by Crippen LogP contribution is 2.22. The summed E-state index contributed by atoms with van der Waals surface area (Å²) < 4.78 is 67.4. The molecule has 0 aliphatic heterocycles. The number of benzene rings is 2. The average Bonchev–Trinajstić information content (AvgIpc) is 2.75. The van der Waals surface area contributed by atoms with E-state index in [9.17, 15) is 36.0 Å². The minimum Gasteiger partial charge on any atom is -0.452 e. The molecule has 32 heavy (non-hydrogen) atoms. The van der Waals surface area contributed by atoms with Crippen molar-refractivity contribution < 1.29 is 40.7 Å². The zero-order chi connectivity index (χ0) is 23.9. The maximum Gasteiger partial charge on any atom is 0.405 e. The van der Waals surface area contributed by atoms with E-state index in [1.807, 2.05) is 0 Å². The van der Waals surface area contributed by atoms with Crippen LogP contribution in [0.5, 0.6) is 0 Å². The van der Waals surface area contributed by atoms with E-state index in [0.717, 1.165) is 10.4 Å². The van der Waals surface area contributed by atoms with Gasteiger partial charge in [-0.2, -0.15) is 13.2 Å². The fourth-order valence-electron chi connectivity index (χ4n) is 2.32. The minimum atomic E-state index is -4.66. The van der Waals surface area contributed by atoms with Gasteiger partial charge in [0.15, 0.2) is 6.61 Å². The normalized spacial score (nSPS) is 11.4. The average molecular weight is 473 g/mol. The lowest BCUT2D eigenvalue weighted by Gasteiger charge is -2.19. The maximum atomic E-state index is 12.8. The van der Waals surface area contributed by atoms with Crippen LogP contribution in [0.4, 0.5) is 23.7 Å². The molecule has 0 aromatic heterocycles. The van der Waals surface area contributed by atoms with Crippen LogP contribution in [-0.4, -0.2) is 52.7 Å². The predicted octanol–water partition coefficient (Wildman–Crippen LogP) is 2.06. The monoisotopic (exact) mass is 473 g/mol. The summed E-state index contributed by atoms with van der Waals surface area (Å²) in [7, 11) is -2.68. The van der Waals surface area contributed by atoms with Gasteiger partial charge in [0.2, 0.25) is 0 Å².